The molecule has 1 fully saturated rings. The second kappa shape index (κ2) is 7.20. The van der Waals surface area contributed by atoms with Gasteiger partial charge in [-0.1, -0.05) is 0 Å². The molecule has 1 aliphatic rings. The topological polar surface area (TPSA) is 51.0 Å². The van der Waals surface area contributed by atoms with Crippen molar-refractivity contribution >= 4 is 0 Å². The summed E-state index contributed by atoms with van der Waals surface area (Å²) >= 11 is 0. The predicted molar refractivity (Wildman–Crippen MR) is 71.8 cm³/mol. The Morgan fingerprint density at radius 2 is 1.42 bits per heavy atom. The molecule has 0 unspecified atom stereocenters. The molecule has 1 aliphatic heterocycles. The monoisotopic (exact) mass is 353 g/mol. The fourth-order valence-electron chi connectivity index (χ4n) is 2.00. The number of hydrogen-bond donors (Lipinski definition) is 1. The molecule has 1 saturated heterocycles. The summed E-state index contributed by atoms with van der Waals surface area (Å²) in [5.41, 5.74) is -3.31. The molecule has 0 bridgehead atoms. The first-order valence-electron chi connectivity index (χ1n) is 6.94. The van der Waals surface area contributed by atoms with Gasteiger partial charge in [-0.05, 0) is 44.1 Å². The molecule has 132 valence electrons. The highest BCUT2D eigenvalue weighted by molar-refractivity contribution is 5.56. The number of nitrogens with one attached hydrogen (secondary N) is 1. The molecule has 3 rings (SSSR count). The van der Waals surface area contributed by atoms with Crippen LogP contribution in [0.1, 0.15) is 24.0 Å². The van der Waals surface area contributed by atoms with Crippen LogP contribution in [0.4, 0.5) is 26.3 Å². The molecule has 2 aromatic rings. The van der Waals surface area contributed by atoms with Gasteiger partial charge in [0, 0.05) is 5.56 Å². The van der Waals surface area contributed by atoms with Crippen LogP contribution in [0.3, 0.4) is 0 Å². The van der Waals surface area contributed by atoms with Gasteiger partial charge in [-0.15, -0.1) is 10.2 Å². The Hall–Kier alpha value is -2.10. The maximum absolute atomic E-state index is 12.5. The average molecular weight is 353 g/mol. The molecule has 10 heteroatoms. The van der Waals surface area contributed by atoms with Gasteiger partial charge >= 0.3 is 12.4 Å². The van der Waals surface area contributed by atoms with Crippen LogP contribution < -0.4 is 5.32 Å². The molecule has 1 aromatic heterocycles. The highest BCUT2D eigenvalue weighted by Gasteiger charge is 2.37. The van der Waals surface area contributed by atoms with Crippen LogP contribution in [-0.2, 0) is 12.4 Å². The van der Waals surface area contributed by atoms with Crippen LogP contribution in [0.5, 0.6) is 0 Å². The summed E-state index contributed by atoms with van der Waals surface area (Å²) in [6.07, 6.45) is -6.23. The first-order chi connectivity index (χ1) is 11.2. The highest BCUT2D eigenvalue weighted by atomic mass is 19.4. The van der Waals surface area contributed by atoms with Gasteiger partial charge in [0.2, 0.25) is 12.3 Å². The first kappa shape index (κ1) is 18.2. The number of alkyl halides is 6. The zero-order valence-corrected chi connectivity index (χ0v) is 12.2. The molecule has 24 heavy (non-hydrogen) atoms. The fourth-order valence-corrected chi connectivity index (χ4v) is 2.00. The maximum Gasteiger partial charge on any atom is 0.416 e. The maximum atomic E-state index is 12.5. The lowest BCUT2D eigenvalue weighted by atomic mass is 10.0. The van der Waals surface area contributed by atoms with Crippen LogP contribution in [0, 0.1) is 0 Å². The van der Waals surface area contributed by atoms with E-state index in [1.807, 2.05) is 0 Å². The number of rotatable bonds is 1. The van der Waals surface area contributed by atoms with Gasteiger partial charge in [-0.25, -0.2) is 0 Å². The van der Waals surface area contributed by atoms with Crippen LogP contribution >= 0.6 is 0 Å². The van der Waals surface area contributed by atoms with Crippen molar-refractivity contribution in [2.75, 3.05) is 13.1 Å². The zero-order chi connectivity index (χ0) is 17.8. The molecule has 0 aliphatic carbocycles. The molecule has 0 radical (unpaired) electrons. The van der Waals surface area contributed by atoms with Gasteiger partial charge in [0.15, 0.2) is 0 Å². The van der Waals surface area contributed by atoms with Crippen LogP contribution in [0.15, 0.2) is 29.0 Å². The van der Waals surface area contributed by atoms with Crippen molar-refractivity contribution in [1.82, 2.24) is 15.5 Å². The lowest BCUT2D eigenvalue weighted by Gasteiger charge is -2.12. The Kier molecular flexibility index (Phi) is 5.47. The molecule has 0 amide bonds. The molecule has 0 atom stereocenters. The van der Waals surface area contributed by atoms with Crippen molar-refractivity contribution in [2.45, 2.75) is 25.2 Å². The minimum absolute atomic E-state index is 0.0276. The van der Waals surface area contributed by atoms with Crippen molar-refractivity contribution in [1.29, 1.82) is 0 Å². The van der Waals surface area contributed by atoms with Crippen molar-refractivity contribution in [3.05, 3.63) is 35.7 Å². The van der Waals surface area contributed by atoms with Gasteiger partial charge < -0.3 is 9.73 Å². The molecule has 1 aromatic carbocycles. The van der Waals surface area contributed by atoms with E-state index in [2.05, 4.69) is 19.9 Å². The molecule has 0 saturated carbocycles. The van der Waals surface area contributed by atoms with Gasteiger partial charge in [-0.3, -0.25) is 0 Å². The summed E-state index contributed by atoms with van der Waals surface area (Å²) in [5.74, 6) is -0.420. The molecule has 1 N–H and O–H groups in total. The van der Waals surface area contributed by atoms with Crippen LogP contribution in [-0.4, -0.2) is 23.3 Å². The van der Waals surface area contributed by atoms with Crippen molar-refractivity contribution in [2.24, 2.45) is 0 Å². The highest BCUT2D eigenvalue weighted by Crippen LogP contribution is 2.38. The molecule has 4 nitrogen and oxygen atoms in total. The molecule has 0 spiro atoms. The number of hydrogen-bond acceptors (Lipinski definition) is 4. The Balaban J connectivity index is 0.000000355. The summed E-state index contributed by atoms with van der Waals surface area (Å²) in [4.78, 5) is 0. The van der Waals surface area contributed by atoms with Gasteiger partial charge in [0.05, 0.1) is 11.1 Å². The third-order valence-corrected chi connectivity index (χ3v) is 3.15. The standard InChI is InChI=1S/C10H4F6N2O.C4H9N/c11-9(12,13)6-1-5(8-18-17-4-19-8)2-7(3-6)10(14,15)16;1-2-4-5-3-1/h1-4H;5H,1-4H2. The minimum Gasteiger partial charge on any atom is -0.423 e. The number of nitrogens with zero attached hydrogens (tertiary/aromatic N) is 2. The smallest absolute Gasteiger partial charge is 0.416 e. The lowest BCUT2D eigenvalue weighted by Crippen LogP contribution is -2.11. The van der Waals surface area contributed by atoms with Crippen molar-refractivity contribution in [3.63, 3.8) is 0 Å². The average Bonchev–Trinajstić information content (AvgIpc) is 3.21. The minimum atomic E-state index is -4.91. The van der Waals surface area contributed by atoms with Crippen molar-refractivity contribution in [3.8, 4) is 11.5 Å². The normalized spacial score (nSPS) is 15.1. The third kappa shape index (κ3) is 4.95. The second-order valence-electron chi connectivity index (χ2n) is 5.00. The Labute approximate surface area is 132 Å². The van der Waals surface area contributed by atoms with Crippen LogP contribution in [0.25, 0.3) is 11.5 Å². The van der Waals surface area contributed by atoms with E-state index in [0.29, 0.717) is 12.1 Å². The zero-order valence-electron chi connectivity index (χ0n) is 12.2. The summed E-state index contributed by atoms with van der Waals surface area (Å²) < 4.78 is 79.9. The summed E-state index contributed by atoms with van der Waals surface area (Å²) in [5, 5.41) is 9.71. The fraction of sp³-hybridized carbons (Fsp3) is 0.429. The van der Waals surface area contributed by atoms with Crippen LogP contribution in [0.2, 0.25) is 0 Å². The van der Waals surface area contributed by atoms with E-state index in [0.717, 1.165) is 6.39 Å². The SMILES string of the molecule is C1CCNC1.FC(F)(F)c1cc(-c2nnco2)cc(C(F)(F)F)c1. The van der Waals surface area contributed by atoms with Gasteiger partial charge in [0.25, 0.3) is 0 Å². The Morgan fingerprint density at radius 1 is 0.875 bits per heavy atom. The van der Waals surface area contributed by atoms with E-state index in [4.69, 9.17) is 0 Å². The summed E-state index contributed by atoms with van der Waals surface area (Å²) in [7, 11) is 0. The van der Waals surface area contributed by atoms with Crippen molar-refractivity contribution < 1.29 is 30.8 Å². The largest absolute Gasteiger partial charge is 0.423 e. The number of benzene rings is 1. The molecular weight excluding hydrogens is 340 g/mol. The van der Waals surface area contributed by atoms with Gasteiger partial charge in [-0.2, -0.15) is 26.3 Å². The molecule has 2 heterocycles. The van der Waals surface area contributed by atoms with E-state index in [9.17, 15) is 26.3 Å². The van der Waals surface area contributed by atoms with E-state index in [1.54, 1.807) is 0 Å². The Morgan fingerprint density at radius 3 is 1.75 bits per heavy atom. The van der Waals surface area contributed by atoms with E-state index < -0.39 is 34.9 Å². The third-order valence-electron chi connectivity index (χ3n) is 3.15. The first-order valence-corrected chi connectivity index (χ1v) is 6.94. The quantitative estimate of drug-likeness (QED) is 0.783. The second-order valence-corrected chi connectivity index (χ2v) is 5.00. The summed E-state index contributed by atoms with van der Waals surface area (Å²) in [6.45, 7) is 2.50. The molecular formula is C14H13F6N3O. The van der Waals surface area contributed by atoms with E-state index in [-0.39, 0.29) is 6.07 Å². The number of halogens is 6. The predicted octanol–water partition coefficient (Wildman–Crippen LogP) is 4.14. The Bertz CT molecular complexity index is 608. The number of aromatic nitrogens is 2. The van der Waals surface area contributed by atoms with E-state index in [1.165, 1.54) is 25.9 Å². The van der Waals surface area contributed by atoms with Gasteiger partial charge in [0.1, 0.15) is 0 Å². The lowest BCUT2D eigenvalue weighted by molar-refractivity contribution is -0.143. The van der Waals surface area contributed by atoms with E-state index >= 15 is 0 Å². The summed E-state index contributed by atoms with van der Waals surface area (Å²) in [6, 6.07) is 1.06.